The Balaban J connectivity index is 1.97. The first-order valence-electron chi connectivity index (χ1n) is 9.07. The van der Waals surface area contributed by atoms with Crippen molar-refractivity contribution >= 4 is 22.6 Å². The minimum absolute atomic E-state index is 0.0901. The van der Waals surface area contributed by atoms with Crippen LogP contribution in [0, 0.1) is 13.8 Å². The van der Waals surface area contributed by atoms with Crippen LogP contribution < -0.4 is 10.9 Å². The van der Waals surface area contributed by atoms with Crippen LogP contribution in [0.1, 0.15) is 42.0 Å². The number of carbonyl (C=O) groups is 1. The van der Waals surface area contributed by atoms with Crippen molar-refractivity contribution in [2.45, 2.75) is 40.0 Å². The summed E-state index contributed by atoms with van der Waals surface area (Å²) >= 11 is 0. The van der Waals surface area contributed by atoms with Gasteiger partial charge in [-0.1, -0.05) is 32.0 Å². The van der Waals surface area contributed by atoms with Gasteiger partial charge in [0.1, 0.15) is 0 Å². The van der Waals surface area contributed by atoms with Gasteiger partial charge in [-0.05, 0) is 48.6 Å². The Bertz CT molecular complexity index is 1130. The molecule has 1 heterocycles. The number of phenols is 2. The van der Waals surface area contributed by atoms with Crippen LogP contribution in [-0.2, 0) is 11.2 Å². The molecule has 0 aliphatic rings. The fourth-order valence-electron chi connectivity index (χ4n) is 3.32. The van der Waals surface area contributed by atoms with Gasteiger partial charge >= 0.3 is 5.63 Å². The molecule has 3 rings (SSSR count). The second-order valence-corrected chi connectivity index (χ2v) is 7.22. The van der Waals surface area contributed by atoms with Gasteiger partial charge in [0.15, 0.2) is 11.3 Å². The minimum atomic E-state index is -0.713. The van der Waals surface area contributed by atoms with Crippen molar-refractivity contribution in [3.63, 3.8) is 0 Å². The van der Waals surface area contributed by atoms with Crippen molar-refractivity contribution < 1.29 is 19.4 Å². The number of rotatable bonds is 4. The molecule has 0 atom stereocenters. The maximum atomic E-state index is 12.7. The highest BCUT2D eigenvalue weighted by Crippen LogP contribution is 2.34. The normalized spacial score (nSPS) is 11.2. The van der Waals surface area contributed by atoms with Crippen molar-refractivity contribution in [3.05, 3.63) is 63.0 Å². The molecule has 2 aromatic carbocycles. The average molecular weight is 381 g/mol. The molecule has 0 spiro atoms. The molecule has 0 aliphatic heterocycles. The number of fused-ring (bicyclic) bond motifs is 1. The van der Waals surface area contributed by atoms with E-state index < -0.39 is 11.4 Å². The van der Waals surface area contributed by atoms with Crippen LogP contribution >= 0.6 is 0 Å². The summed E-state index contributed by atoms with van der Waals surface area (Å²) in [5.41, 5.74) is 2.68. The van der Waals surface area contributed by atoms with E-state index in [1.54, 1.807) is 13.0 Å². The van der Waals surface area contributed by atoms with Gasteiger partial charge in [-0.15, -0.1) is 0 Å². The summed E-state index contributed by atoms with van der Waals surface area (Å²) in [7, 11) is 0. The molecule has 3 aromatic rings. The van der Waals surface area contributed by atoms with Gasteiger partial charge in [0, 0.05) is 11.1 Å². The molecule has 0 radical (unpaired) electrons. The molecule has 146 valence electrons. The second-order valence-electron chi connectivity index (χ2n) is 7.22. The highest BCUT2D eigenvalue weighted by Gasteiger charge is 2.19. The number of anilines is 1. The van der Waals surface area contributed by atoms with E-state index in [2.05, 4.69) is 19.2 Å². The molecule has 0 aliphatic carbocycles. The Hall–Kier alpha value is -3.28. The summed E-state index contributed by atoms with van der Waals surface area (Å²) in [6, 6.07) is 8.70. The molecule has 3 N–H and O–H groups in total. The Kier molecular flexibility index (Phi) is 5.14. The van der Waals surface area contributed by atoms with Crippen LogP contribution in [0.3, 0.4) is 0 Å². The maximum Gasteiger partial charge on any atom is 0.340 e. The lowest BCUT2D eigenvalue weighted by Crippen LogP contribution is -2.21. The second kappa shape index (κ2) is 7.38. The fourth-order valence-corrected chi connectivity index (χ4v) is 3.32. The number of benzene rings is 2. The summed E-state index contributed by atoms with van der Waals surface area (Å²) in [5.74, 6) is -0.955. The molecule has 6 heteroatoms. The van der Waals surface area contributed by atoms with Crippen LogP contribution in [-0.4, -0.2) is 16.1 Å². The number of nitrogens with one attached hydrogen (secondary N) is 1. The van der Waals surface area contributed by atoms with E-state index in [0.717, 1.165) is 16.8 Å². The summed E-state index contributed by atoms with van der Waals surface area (Å²) in [6.07, 6.45) is -0.155. The number of carbonyl (C=O) groups excluding carboxylic acids is 1. The van der Waals surface area contributed by atoms with Crippen LogP contribution in [0.25, 0.3) is 11.0 Å². The van der Waals surface area contributed by atoms with Crippen LogP contribution in [0.2, 0.25) is 0 Å². The quantitative estimate of drug-likeness (QED) is 0.466. The van der Waals surface area contributed by atoms with E-state index in [0.29, 0.717) is 10.9 Å². The number of aryl methyl sites for hydroxylation is 2. The molecule has 0 fully saturated rings. The first kappa shape index (κ1) is 19.5. The van der Waals surface area contributed by atoms with E-state index >= 15 is 0 Å². The largest absolute Gasteiger partial charge is 0.504 e. The van der Waals surface area contributed by atoms with E-state index in [-0.39, 0.29) is 35.1 Å². The van der Waals surface area contributed by atoms with E-state index in [9.17, 15) is 19.8 Å². The zero-order valence-electron chi connectivity index (χ0n) is 16.3. The Morgan fingerprint density at radius 3 is 2.54 bits per heavy atom. The summed E-state index contributed by atoms with van der Waals surface area (Å²) in [6.45, 7) is 7.71. The van der Waals surface area contributed by atoms with Crippen molar-refractivity contribution in [3.8, 4) is 11.5 Å². The smallest absolute Gasteiger partial charge is 0.340 e. The van der Waals surface area contributed by atoms with Crippen LogP contribution in [0.4, 0.5) is 5.69 Å². The fraction of sp³-hybridized carbons (Fsp3) is 0.273. The van der Waals surface area contributed by atoms with Gasteiger partial charge in [-0.3, -0.25) is 4.79 Å². The van der Waals surface area contributed by atoms with Gasteiger partial charge in [-0.2, -0.15) is 0 Å². The molecule has 0 bridgehead atoms. The monoisotopic (exact) mass is 381 g/mol. The predicted octanol–water partition coefficient (Wildman–Crippen LogP) is 4.13. The van der Waals surface area contributed by atoms with Gasteiger partial charge in [0.2, 0.25) is 11.7 Å². The molecular weight excluding hydrogens is 358 g/mol. The summed E-state index contributed by atoms with van der Waals surface area (Å²) in [5, 5.41) is 22.9. The van der Waals surface area contributed by atoms with Crippen LogP contribution in [0.15, 0.2) is 39.5 Å². The number of aromatic hydroxyl groups is 2. The van der Waals surface area contributed by atoms with Gasteiger partial charge in [-0.25, -0.2) is 4.79 Å². The summed E-state index contributed by atoms with van der Waals surface area (Å²) in [4.78, 5) is 25.1. The molecule has 0 saturated heterocycles. The number of phenolic OH excluding ortho intramolecular Hbond substituents is 2. The zero-order chi connectivity index (χ0) is 20.6. The Labute approximate surface area is 162 Å². The highest BCUT2D eigenvalue weighted by atomic mass is 16.4. The average Bonchev–Trinajstić information content (AvgIpc) is 2.63. The minimum Gasteiger partial charge on any atom is -0.504 e. The van der Waals surface area contributed by atoms with E-state index in [4.69, 9.17) is 4.42 Å². The predicted molar refractivity (Wildman–Crippen MR) is 108 cm³/mol. The zero-order valence-corrected chi connectivity index (χ0v) is 16.3. The number of hydrogen-bond acceptors (Lipinski definition) is 5. The van der Waals surface area contributed by atoms with Gasteiger partial charge in [0.05, 0.1) is 12.0 Å². The lowest BCUT2D eigenvalue weighted by molar-refractivity contribution is -0.115. The standard InChI is InChI=1S/C22H23NO5/c1-11(2)14-7-5-6-12(3)19(14)23-18(25)10-16-13(4)15-8-9-17(24)20(26)21(15)28-22(16)27/h5-9,11,24,26H,10H2,1-4H3,(H,23,25). The summed E-state index contributed by atoms with van der Waals surface area (Å²) < 4.78 is 5.18. The van der Waals surface area contributed by atoms with Crippen LogP contribution in [0.5, 0.6) is 11.5 Å². The first-order valence-corrected chi connectivity index (χ1v) is 9.07. The molecule has 0 saturated carbocycles. The lowest BCUT2D eigenvalue weighted by atomic mass is 9.97. The van der Waals surface area contributed by atoms with Crippen molar-refractivity contribution in [2.75, 3.05) is 5.32 Å². The molecule has 1 aromatic heterocycles. The first-order chi connectivity index (χ1) is 13.2. The number of amides is 1. The molecule has 28 heavy (non-hydrogen) atoms. The highest BCUT2D eigenvalue weighted by molar-refractivity contribution is 5.95. The maximum absolute atomic E-state index is 12.7. The topological polar surface area (TPSA) is 99.8 Å². The van der Waals surface area contributed by atoms with Crippen molar-refractivity contribution in [1.29, 1.82) is 0 Å². The third-order valence-electron chi connectivity index (χ3n) is 4.94. The Morgan fingerprint density at radius 2 is 1.86 bits per heavy atom. The Morgan fingerprint density at radius 1 is 1.14 bits per heavy atom. The number of para-hydroxylation sites is 1. The van der Waals surface area contributed by atoms with E-state index in [1.165, 1.54) is 6.07 Å². The van der Waals surface area contributed by atoms with Crippen molar-refractivity contribution in [2.24, 2.45) is 0 Å². The third kappa shape index (κ3) is 3.45. The molecular formula is C22H23NO5. The molecule has 6 nitrogen and oxygen atoms in total. The van der Waals surface area contributed by atoms with Gasteiger partial charge < -0.3 is 19.9 Å². The molecule has 1 amide bonds. The van der Waals surface area contributed by atoms with Crippen molar-refractivity contribution in [1.82, 2.24) is 0 Å². The third-order valence-corrected chi connectivity index (χ3v) is 4.94. The van der Waals surface area contributed by atoms with E-state index in [1.807, 2.05) is 25.1 Å². The molecule has 0 unspecified atom stereocenters. The lowest BCUT2D eigenvalue weighted by Gasteiger charge is -2.16. The van der Waals surface area contributed by atoms with Gasteiger partial charge in [0.25, 0.3) is 0 Å². The number of hydrogen-bond donors (Lipinski definition) is 3. The SMILES string of the molecule is Cc1cccc(C(C)C)c1NC(=O)Cc1c(C)c2ccc(O)c(O)c2oc1=O.